The Labute approximate surface area is 111 Å². The van der Waals surface area contributed by atoms with Gasteiger partial charge in [0.25, 0.3) is 0 Å². The minimum atomic E-state index is 0.514. The van der Waals surface area contributed by atoms with Gasteiger partial charge in [-0.1, -0.05) is 13.3 Å². The number of benzene rings is 1. The fourth-order valence-corrected chi connectivity index (χ4v) is 2.80. The van der Waals surface area contributed by atoms with Crippen LogP contribution in [0.2, 0.25) is 0 Å². The van der Waals surface area contributed by atoms with E-state index in [0.29, 0.717) is 11.0 Å². The van der Waals surface area contributed by atoms with Crippen molar-refractivity contribution in [1.82, 2.24) is 0 Å². The first-order valence-corrected chi connectivity index (χ1v) is 6.92. The van der Waals surface area contributed by atoms with Gasteiger partial charge >= 0.3 is 0 Å². The molecule has 0 saturated heterocycles. The van der Waals surface area contributed by atoms with Crippen molar-refractivity contribution >= 4 is 21.6 Å². The zero-order valence-electron chi connectivity index (χ0n) is 10.1. The first-order valence-electron chi connectivity index (χ1n) is 6.13. The summed E-state index contributed by atoms with van der Waals surface area (Å²) in [7, 11) is 0. The quantitative estimate of drug-likeness (QED) is 0.897. The molecule has 2 nitrogen and oxygen atoms in total. The molecule has 90 valence electrons. The van der Waals surface area contributed by atoms with Gasteiger partial charge in [-0.2, -0.15) is 5.26 Å². The van der Waals surface area contributed by atoms with Crippen molar-refractivity contribution in [2.45, 2.75) is 32.6 Å². The number of rotatable bonds is 4. The zero-order chi connectivity index (χ0) is 12.3. The highest BCUT2D eigenvalue weighted by atomic mass is 79.9. The molecule has 0 bridgehead atoms. The summed E-state index contributed by atoms with van der Waals surface area (Å²) in [6, 6.07) is 7.97. The van der Waals surface area contributed by atoms with Crippen LogP contribution in [0.15, 0.2) is 22.7 Å². The van der Waals surface area contributed by atoms with Crippen LogP contribution in [-0.4, -0.2) is 6.54 Å². The first-order chi connectivity index (χ1) is 8.19. The minimum absolute atomic E-state index is 0.514. The Kier molecular flexibility index (Phi) is 3.73. The monoisotopic (exact) mass is 292 g/mol. The van der Waals surface area contributed by atoms with E-state index in [2.05, 4.69) is 34.2 Å². The third kappa shape index (κ3) is 2.63. The van der Waals surface area contributed by atoms with E-state index in [1.165, 1.54) is 25.7 Å². The number of hydrogen-bond donors (Lipinski definition) is 1. The minimum Gasteiger partial charge on any atom is -0.384 e. The maximum Gasteiger partial charge on any atom is 0.100 e. The molecule has 0 unspecified atom stereocenters. The van der Waals surface area contributed by atoms with Crippen LogP contribution in [-0.2, 0) is 0 Å². The molecule has 0 spiro atoms. The van der Waals surface area contributed by atoms with Crippen molar-refractivity contribution in [3.05, 3.63) is 28.2 Å². The third-order valence-electron chi connectivity index (χ3n) is 3.92. The van der Waals surface area contributed by atoms with Gasteiger partial charge in [-0.3, -0.25) is 0 Å². The topological polar surface area (TPSA) is 35.8 Å². The van der Waals surface area contributed by atoms with E-state index >= 15 is 0 Å². The molecular weight excluding hydrogens is 276 g/mol. The predicted octanol–water partition coefficient (Wildman–Crippen LogP) is 4.31. The maximum atomic E-state index is 8.85. The Hall–Kier alpha value is -1.01. The number of anilines is 1. The van der Waals surface area contributed by atoms with Gasteiger partial charge in [-0.25, -0.2) is 0 Å². The summed E-state index contributed by atoms with van der Waals surface area (Å²) in [6.45, 7) is 3.32. The van der Waals surface area contributed by atoms with Gasteiger partial charge in [-0.05, 0) is 58.8 Å². The molecule has 1 fully saturated rings. The summed E-state index contributed by atoms with van der Waals surface area (Å²) < 4.78 is 0.865. The Balaban J connectivity index is 2.00. The van der Waals surface area contributed by atoms with Gasteiger partial charge in [0.1, 0.15) is 6.07 Å². The van der Waals surface area contributed by atoms with Gasteiger partial charge in [0.2, 0.25) is 0 Å². The van der Waals surface area contributed by atoms with Gasteiger partial charge in [0.15, 0.2) is 0 Å². The number of halogens is 1. The van der Waals surface area contributed by atoms with Crippen molar-refractivity contribution in [3.8, 4) is 6.07 Å². The molecule has 1 aliphatic carbocycles. The molecular formula is C14H17BrN2. The number of nitriles is 1. The fourth-order valence-electron chi connectivity index (χ4n) is 2.34. The van der Waals surface area contributed by atoms with E-state index in [1.807, 2.05) is 18.2 Å². The summed E-state index contributed by atoms with van der Waals surface area (Å²) in [6.07, 6.45) is 5.30. The molecule has 3 heteroatoms. The lowest BCUT2D eigenvalue weighted by atomic mass is 9.67. The highest BCUT2D eigenvalue weighted by Crippen LogP contribution is 2.43. The molecule has 2 rings (SSSR count). The maximum absolute atomic E-state index is 8.85. The van der Waals surface area contributed by atoms with E-state index in [-0.39, 0.29) is 0 Å². The van der Waals surface area contributed by atoms with Gasteiger partial charge in [0, 0.05) is 16.7 Å². The summed E-state index contributed by atoms with van der Waals surface area (Å²) in [5.74, 6) is 0. The lowest BCUT2D eigenvalue weighted by molar-refractivity contribution is 0.145. The van der Waals surface area contributed by atoms with Gasteiger partial charge in [0.05, 0.1) is 5.56 Å². The van der Waals surface area contributed by atoms with Crippen molar-refractivity contribution in [1.29, 1.82) is 5.26 Å². The lowest BCUT2D eigenvalue weighted by Crippen LogP contribution is -2.35. The molecule has 1 aromatic rings. The Morgan fingerprint density at radius 2 is 2.24 bits per heavy atom. The normalized spacial score (nSPS) is 17.0. The van der Waals surface area contributed by atoms with Crippen LogP contribution in [0, 0.1) is 16.7 Å². The van der Waals surface area contributed by atoms with E-state index in [4.69, 9.17) is 5.26 Å². The largest absolute Gasteiger partial charge is 0.384 e. The fraction of sp³-hybridized carbons (Fsp3) is 0.500. The second-order valence-corrected chi connectivity index (χ2v) is 5.72. The second kappa shape index (κ2) is 5.10. The summed E-state index contributed by atoms with van der Waals surface area (Å²) >= 11 is 3.41. The van der Waals surface area contributed by atoms with Crippen molar-refractivity contribution in [3.63, 3.8) is 0 Å². The van der Waals surface area contributed by atoms with Crippen molar-refractivity contribution in [2.24, 2.45) is 5.41 Å². The van der Waals surface area contributed by atoms with Crippen LogP contribution >= 0.6 is 15.9 Å². The average Bonchev–Trinajstić information content (AvgIpc) is 2.28. The summed E-state index contributed by atoms with van der Waals surface area (Å²) in [5.41, 5.74) is 2.29. The Bertz CT molecular complexity index is 439. The highest BCUT2D eigenvalue weighted by molar-refractivity contribution is 9.10. The van der Waals surface area contributed by atoms with E-state index < -0.39 is 0 Å². The number of nitrogens with zero attached hydrogens (tertiary/aromatic N) is 1. The summed E-state index contributed by atoms with van der Waals surface area (Å²) in [5, 5.41) is 12.3. The molecule has 1 saturated carbocycles. The smallest absolute Gasteiger partial charge is 0.100 e. The SMILES string of the molecule is CCC1(CNc2ccc(C#N)c(Br)c2)CCC1. The zero-order valence-corrected chi connectivity index (χ0v) is 11.7. The number of nitrogens with one attached hydrogen (secondary N) is 1. The molecule has 0 aliphatic heterocycles. The first kappa shape index (κ1) is 12.4. The number of hydrogen-bond acceptors (Lipinski definition) is 2. The van der Waals surface area contributed by atoms with Crippen LogP contribution in [0.25, 0.3) is 0 Å². The molecule has 1 aliphatic rings. The van der Waals surface area contributed by atoms with E-state index in [9.17, 15) is 0 Å². The van der Waals surface area contributed by atoms with Crippen molar-refractivity contribution in [2.75, 3.05) is 11.9 Å². The van der Waals surface area contributed by atoms with Crippen LogP contribution in [0.5, 0.6) is 0 Å². The average molecular weight is 293 g/mol. The molecule has 17 heavy (non-hydrogen) atoms. The lowest BCUT2D eigenvalue weighted by Gasteiger charge is -2.41. The van der Waals surface area contributed by atoms with Crippen molar-refractivity contribution < 1.29 is 0 Å². The second-order valence-electron chi connectivity index (χ2n) is 4.87. The molecule has 0 aromatic heterocycles. The molecule has 0 atom stereocenters. The van der Waals surface area contributed by atoms with Crippen LogP contribution in [0.1, 0.15) is 38.2 Å². The Morgan fingerprint density at radius 3 is 2.71 bits per heavy atom. The molecule has 0 amide bonds. The summed E-state index contributed by atoms with van der Waals surface area (Å²) in [4.78, 5) is 0. The van der Waals surface area contributed by atoms with Gasteiger partial charge in [-0.15, -0.1) is 0 Å². The molecule has 1 N–H and O–H groups in total. The van der Waals surface area contributed by atoms with E-state index in [0.717, 1.165) is 16.7 Å². The molecule has 0 heterocycles. The molecule has 1 aromatic carbocycles. The highest BCUT2D eigenvalue weighted by Gasteiger charge is 2.34. The Morgan fingerprint density at radius 1 is 1.47 bits per heavy atom. The van der Waals surface area contributed by atoms with Gasteiger partial charge < -0.3 is 5.32 Å². The van der Waals surface area contributed by atoms with E-state index in [1.54, 1.807) is 0 Å². The van der Waals surface area contributed by atoms with Crippen LogP contribution in [0.4, 0.5) is 5.69 Å². The third-order valence-corrected chi connectivity index (χ3v) is 4.58. The van der Waals surface area contributed by atoms with Crippen LogP contribution < -0.4 is 5.32 Å². The predicted molar refractivity (Wildman–Crippen MR) is 73.9 cm³/mol. The van der Waals surface area contributed by atoms with Crippen LogP contribution in [0.3, 0.4) is 0 Å². The molecule has 0 radical (unpaired) electrons. The standard InChI is InChI=1S/C14H17BrN2/c1-2-14(6-3-7-14)10-17-12-5-4-11(9-16)13(15)8-12/h4-5,8,17H,2-3,6-7,10H2,1H3.